The lowest BCUT2D eigenvalue weighted by Gasteiger charge is -2.17. The molecule has 0 aliphatic heterocycles. The Morgan fingerprint density at radius 1 is 1.20 bits per heavy atom. The van der Waals surface area contributed by atoms with Crippen LogP contribution in [-0.2, 0) is 9.59 Å². The minimum atomic E-state index is -1.06. The highest BCUT2D eigenvalue weighted by molar-refractivity contribution is 5.97. The molecule has 1 N–H and O–H groups in total. The van der Waals surface area contributed by atoms with E-state index in [0.717, 1.165) is 5.56 Å². The first-order valence-corrected chi connectivity index (χ1v) is 4.82. The molecular weight excluding hydrogens is 192 g/mol. The summed E-state index contributed by atoms with van der Waals surface area (Å²) in [4.78, 5) is 22.2. The molecule has 3 nitrogen and oxygen atoms in total. The molecule has 0 radical (unpaired) electrons. The highest BCUT2D eigenvalue weighted by atomic mass is 16.4. The van der Waals surface area contributed by atoms with Gasteiger partial charge in [-0.05, 0) is 12.5 Å². The maximum Gasteiger partial charge on any atom is 0.314 e. The van der Waals surface area contributed by atoms with Crippen LogP contribution in [0, 0.1) is 5.92 Å². The average Bonchev–Trinajstić information content (AvgIpc) is 2.18. The van der Waals surface area contributed by atoms with Crippen LogP contribution in [0.1, 0.15) is 25.3 Å². The van der Waals surface area contributed by atoms with Crippen molar-refractivity contribution in [2.45, 2.75) is 19.8 Å². The van der Waals surface area contributed by atoms with Gasteiger partial charge < -0.3 is 5.11 Å². The smallest absolute Gasteiger partial charge is 0.314 e. The van der Waals surface area contributed by atoms with Crippen molar-refractivity contribution in [1.29, 1.82) is 0 Å². The van der Waals surface area contributed by atoms with Gasteiger partial charge in [0.1, 0.15) is 11.7 Å². The lowest BCUT2D eigenvalue weighted by Crippen LogP contribution is -2.26. The molecule has 0 aliphatic carbocycles. The Bertz CT molecular complexity index is 342. The monoisotopic (exact) mass is 206 g/mol. The first kappa shape index (κ1) is 11.4. The third-order valence-electron chi connectivity index (χ3n) is 2.53. The zero-order valence-corrected chi connectivity index (χ0v) is 8.81. The summed E-state index contributed by atoms with van der Waals surface area (Å²) in [5.41, 5.74) is 0.875. The van der Waals surface area contributed by atoms with Crippen LogP contribution in [0.15, 0.2) is 30.3 Å². The lowest BCUT2D eigenvalue weighted by atomic mass is 9.85. The van der Waals surface area contributed by atoms with Gasteiger partial charge in [0, 0.05) is 5.92 Å². The Morgan fingerprint density at radius 3 is 2.13 bits per heavy atom. The Labute approximate surface area is 88.7 Å². The van der Waals surface area contributed by atoms with Crippen LogP contribution < -0.4 is 0 Å². The first-order chi connectivity index (χ1) is 7.04. The number of carbonyl (C=O) groups is 2. The fourth-order valence-electron chi connectivity index (χ4n) is 1.69. The molecule has 0 fully saturated rings. The molecule has 1 aromatic rings. The molecule has 1 unspecified atom stereocenters. The summed E-state index contributed by atoms with van der Waals surface area (Å²) in [6, 6.07) is 9.21. The predicted octanol–water partition coefficient (Wildman–Crippen LogP) is 2.08. The number of hydrogen-bond donors (Lipinski definition) is 1. The van der Waals surface area contributed by atoms with E-state index in [1.54, 1.807) is 6.92 Å². The molecule has 0 bridgehead atoms. The van der Waals surface area contributed by atoms with Gasteiger partial charge in [0.25, 0.3) is 0 Å². The van der Waals surface area contributed by atoms with Gasteiger partial charge in [-0.3, -0.25) is 9.59 Å². The van der Waals surface area contributed by atoms with Gasteiger partial charge in [-0.15, -0.1) is 0 Å². The Hall–Kier alpha value is -1.64. The lowest BCUT2D eigenvalue weighted by molar-refractivity contribution is -0.146. The third-order valence-corrected chi connectivity index (χ3v) is 2.53. The molecular formula is C12H14O3. The zero-order chi connectivity index (χ0) is 11.4. The molecule has 0 saturated carbocycles. The van der Waals surface area contributed by atoms with Crippen LogP contribution in [0.5, 0.6) is 0 Å². The van der Waals surface area contributed by atoms with Crippen LogP contribution in [0.4, 0.5) is 0 Å². The summed E-state index contributed by atoms with van der Waals surface area (Å²) in [5, 5.41) is 8.95. The van der Waals surface area contributed by atoms with Crippen molar-refractivity contribution >= 4 is 11.8 Å². The number of aliphatic carboxylic acids is 1. The van der Waals surface area contributed by atoms with E-state index in [1.807, 2.05) is 30.3 Å². The number of benzene rings is 1. The topological polar surface area (TPSA) is 54.4 Å². The molecule has 0 aliphatic rings. The summed E-state index contributed by atoms with van der Waals surface area (Å²) >= 11 is 0. The van der Waals surface area contributed by atoms with Crippen molar-refractivity contribution in [3.63, 3.8) is 0 Å². The van der Waals surface area contributed by atoms with Gasteiger partial charge in [-0.25, -0.2) is 0 Å². The van der Waals surface area contributed by atoms with E-state index >= 15 is 0 Å². The maximum atomic E-state index is 11.2. The largest absolute Gasteiger partial charge is 0.481 e. The number of Topliss-reactive ketones (excluding diaryl/α,β-unsaturated/α-hetero) is 1. The number of carboxylic acids is 1. The SMILES string of the molecule is CC(=O)C(C(=O)O)[C@H](C)c1ccccc1. The van der Waals surface area contributed by atoms with Gasteiger partial charge in [-0.1, -0.05) is 37.3 Å². The van der Waals surface area contributed by atoms with E-state index < -0.39 is 11.9 Å². The van der Waals surface area contributed by atoms with E-state index in [-0.39, 0.29) is 11.7 Å². The molecule has 0 amide bonds. The van der Waals surface area contributed by atoms with E-state index in [9.17, 15) is 9.59 Å². The second-order valence-corrected chi connectivity index (χ2v) is 3.63. The fraction of sp³-hybridized carbons (Fsp3) is 0.333. The second kappa shape index (κ2) is 4.73. The van der Waals surface area contributed by atoms with Gasteiger partial charge in [0.2, 0.25) is 0 Å². The Balaban J connectivity index is 2.96. The molecule has 1 aromatic carbocycles. The van der Waals surface area contributed by atoms with E-state index in [4.69, 9.17) is 5.11 Å². The molecule has 15 heavy (non-hydrogen) atoms. The van der Waals surface area contributed by atoms with E-state index in [0.29, 0.717) is 0 Å². The summed E-state index contributed by atoms with van der Waals surface area (Å²) in [5.74, 6) is -2.61. The van der Waals surface area contributed by atoms with Crippen molar-refractivity contribution < 1.29 is 14.7 Å². The van der Waals surface area contributed by atoms with Crippen molar-refractivity contribution in [3.8, 4) is 0 Å². The molecule has 0 saturated heterocycles. The number of carbonyl (C=O) groups excluding carboxylic acids is 1. The number of ketones is 1. The minimum absolute atomic E-state index is 0.291. The van der Waals surface area contributed by atoms with E-state index in [2.05, 4.69) is 0 Å². The highest BCUT2D eigenvalue weighted by Gasteiger charge is 2.29. The summed E-state index contributed by atoms with van der Waals surface area (Å²) in [6.07, 6.45) is 0. The zero-order valence-electron chi connectivity index (χ0n) is 8.81. The minimum Gasteiger partial charge on any atom is -0.481 e. The van der Waals surface area contributed by atoms with Crippen molar-refractivity contribution in [2.75, 3.05) is 0 Å². The van der Waals surface area contributed by atoms with Crippen LogP contribution in [-0.4, -0.2) is 16.9 Å². The van der Waals surface area contributed by atoms with Crippen LogP contribution in [0.25, 0.3) is 0 Å². The standard InChI is InChI=1S/C12H14O3/c1-8(10-6-4-3-5-7-10)11(9(2)13)12(14)15/h3-8,11H,1-2H3,(H,14,15)/t8-,11?/m1/s1. The normalized spacial score (nSPS) is 14.3. The Morgan fingerprint density at radius 2 is 1.73 bits per heavy atom. The molecule has 0 spiro atoms. The average molecular weight is 206 g/mol. The summed E-state index contributed by atoms with van der Waals surface area (Å²) in [6.45, 7) is 3.08. The molecule has 2 atom stereocenters. The quantitative estimate of drug-likeness (QED) is 0.767. The molecule has 0 heterocycles. The van der Waals surface area contributed by atoms with Crippen molar-refractivity contribution in [2.24, 2.45) is 5.92 Å². The predicted molar refractivity (Wildman–Crippen MR) is 56.7 cm³/mol. The van der Waals surface area contributed by atoms with Crippen LogP contribution in [0.3, 0.4) is 0 Å². The highest BCUT2D eigenvalue weighted by Crippen LogP contribution is 2.24. The number of carboxylic acid groups (broad SMARTS) is 1. The van der Waals surface area contributed by atoms with Crippen molar-refractivity contribution in [1.82, 2.24) is 0 Å². The van der Waals surface area contributed by atoms with Gasteiger partial charge >= 0.3 is 5.97 Å². The van der Waals surface area contributed by atoms with Crippen molar-refractivity contribution in [3.05, 3.63) is 35.9 Å². The van der Waals surface area contributed by atoms with Crippen LogP contribution >= 0.6 is 0 Å². The molecule has 3 heteroatoms. The molecule has 0 aromatic heterocycles. The molecule has 80 valence electrons. The number of hydrogen-bond acceptors (Lipinski definition) is 2. The van der Waals surface area contributed by atoms with E-state index in [1.165, 1.54) is 6.92 Å². The summed E-state index contributed by atoms with van der Waals surface area (Å²) in [7, 11) is 0. The van der Waals surface area contributed by atoms with Gasteiger partial charge in [-0.2, -0.15) is 0 Å². The van der Waals surface area contributed by atoms with Crippen LogP contribution in [0.2, 0.25) is 0 Å². The Kier molecular flexibility index (Phi) is 3.61. The second-order valence-electron chi connectivity index (χ2n) is 3.63. The molecule has 1 rings (SSSR count). The first-order valence-electron chi connectivity index (χ1n) is 4.82. The summed E-state index contributed by atoms with van der Waals surface area (Å²) < 4.78 is 0. The number of rotatable bonds is 4. The third kappa shape index (κ3) is 2.65. The fourth-order valence-corrected chi connectivity index (χ4v) is 1.69. The van der Waals surface area contributed by atoms with Gasteiger partial charge in [0.15, 0.2) is 0 Å². The van der Waals surface area contributed by atoms with Gasteiger partial charge in [0.05, 0.1) is 0 Å². The maximum absolute atomic E-state index is 11.2.